The van der Waals surface area contributed by atoms with Crippen molar-refractivity contribution in [3.8, 4) is 0 Å². The van der Waals surface area contributed by atoms with E-state index in [1.165, 1.54) is 6.20 Å². The topological polar surface area (TPSA) is 74.6 Å². The molecule has 0 unspecified atom stereocenters. The molecule has 2 heterocycles. The minimum Gasteiger partial charge on any atom is -0.477 e. The Hall–Kier alpha value is -2.34. The number of fused-ring (bicyclic) bond motifs is 1. The lowest BCUT2D eigenvalue weighted by Gasteiger charge is -2.32. The highest BCUT2D eigenvalue weighted by Crippen LogP contribution is 2.13. The number of carbonyl (C=O) groups is 1. The number of nitrogens with zero attached hydrogens (tertiary/aromatic N) is 2. The first-order chi connectivity index (χ1) is 9.68. The van der Waals surface area contributed by atoms with Crippen LogP contribution in [0.4, 0.5) is 0 Å². The van der Waals surface area contributed by atoms with E-state index in [1.807, 2.05) is 17.1 Å². The number of piperazine rings is 1. The second kappa shape index (κ2) is 4.97. The van der Waals surface area contributed by atoms with Gasteiger partial charge in [0.25, 0.3) is 0 Å². The zero-order chi connectivity index (χ0) is 14.1. The lowest BCUT2D eigenvalue weighted by molar-refractivity contribution is 0.0695. The summed E-state index contributed by atoms with van der Waals surface area (Å²) in [6, 6.07) is 7.10. The number of carboxylic acid groups (broad SMARTS) is 1. The van der Waals surface area contributed by atoms with Crippen LogP contribution >= 0.6 is 0 Å². The van der Waals surface area contributed by atoms with Gasteiger partial charge >= 0.3 is 5.97 Å². The molecular formula is C14H15N3O3. The van der Waals surface area contributed by atoms with Crippen LogP contribution in [0.25, 0.3) is 10.9 Å². The lowest BCUT2D eigenvalue weighted by Crippen LogP contribution is -2.49. The molecule has 104 valence electrons. The number of hydrogen-bond donors (Lipinski definition) is 2. The van der Waals surface area contributed by atoms with Gasteiger partial charge in [-0.05, 0) is 12.1 Å². The summed E-state index contributed by atoms with van der Waals surface area (Å²) in [5, 5.41) is 14.9. The molecular weight excluding hydrogens is 258 g/mol. The molecule has 1 aromatic carbocycles. The first-order valence-corrected chi connectivity index (χ1v) is 6.52. The van der Waals surface area contributed by atoms with Crippen molar-refractivity contribution in [1.82, 2.24) is 9.99 Å². The molecule has 0 radical (unpaired) electrons. The first kappa shape index (κ1) is 12.7. The standard InChI is InChI=1S/C14H15N3O3/c18-13-10-3-1-2-4-12(10)17(9-11(13)14(19)20)16-7-5-15-6-8-16/h1-4,9,15H,5-8H2,(H,19,20). The van der Waals surface area contributed by atoms with Crippen molar-refractivity contribution >= 4 is 16.9 Å². The van der Waals surface area contributed by atoms with E-state index in [-0.39, 0.29) is 5.56 Å². The highest BCUT2D eigenvalue weighted by Gasteiger charge is 2.18. The third kappa shape index (κ3) is 2.04. The van der Waals surface area contributed by atoms with Crippen LogP contribution in [-0.4, -0.2) is 41.9 Å². The van der Waals surface area contributed by atoms with E-state index in [2.05, 4.69) is 5.32 Å². The van der Waals surface area contributed by atoms with Gasteiger partial charge < -0.3 is 15.4 Å². The molecule has 1 aliphatic heterocycles. The van der Waals surface area contributed by atoms with Gasteiger partial charge in [-0.3, -0.25) is 9.47 Å². The average molecular weight is 273 g/mol. The van der Waals surface area contributed by atoms with Crippen LogP contribution in [0.5, 0.6) is 0 Å². The largest absolute Gasteiger partial charge is 0.477 e. The summed E-state index contributed by atoms with van der Waals surface area (Å²) in [4.78, 5) is 23.4. The molecule has 0 saturated carbocycles. The van der Waals surface area contributed by atoms with E-state index >= 15 is 0 Å². The SMILES string of the molecule is O=C(O)c1cn(N2CCNCC2)c2ccccc2c1=O. The smallest absolute Gasteiger partial charge is 0.341 e. The first-order valence-electron chi connectivity index (χ1n) is 6.52. The molecule has 0 amide bonds. The molecule has 0 spiro atoms. The van der Waals surface area contributed by atoms with Gasteiger partial charge in [-0.2, -0.15) is 0 Å². The summed E-state index contributed by atoms with van der Waals surface area (Å²) in [6.45, 7) is 3.21. The maximum absolute atomic E-state index is 12.2. The van der Waals surface area contributed by atoms with Crippen molar-refractivity contribution in [2.45, 2.75) is 0 Å². The summed E-state index contributed by atoms with van der Waals surface area (Å²) in [5.41, 5.74) is 0.117. The van der Waals surface area contributed by atoms with Gasteiger partial charge in [-0.15, -0.1) is 0 Å². The minimum absolute atomic E-state index is 0.192. The Bertz CT molecular complexity index is 717. The predicted molar refractivity (Wildman–Crippen MR) is 76.0 cm³/mol. The number of para-hydroxylation sites is 1. The van der Waals surface area contributed by atoms with Gasteiger partial charge in [0, 0.05) is 37.8 Å². The summed E-state index contributed by atoms with van der Waals surface area (Å²) in [5.74, 6) is -1.19. The molecule has 3 rings (SSSR count). The zero-order valence-electron chi connectivity index (χ0n) is 10.9. The number of carboxylic acids is 1. The van der Waals surface area contributed by atoms with Gasteiger partial charge in [-0.1, -0.05) is 12.1 Å². The molecule has 6 heteroatoms. The van der Waals surface area contributed by atoms with Gasteiger partial charge in [0.2, 0.25) is 5.43 Å². The molecule has 1 fully saturated rings. The third-order valence-corrected chi connectivity index (χ3v) is 3.52. The number of aromatic carboxylic acids is 1. The van der Waals surface area contributed by atoms with Crippen LogP contribution in [0.2, 0.25) is 0 Å². The third-order valence-electron chi connectivity index (χ3n) is 3.52. The fourth-order valence-electron chi connectivity index (χ4n) is 2.52. The van der Waals surface area contributed by atoms with E-state index in [4.69, 9.17) is 0 Å². The summed E-state index contributed by atoms with van der Waals surface area (Å²) < 4.78 is 1.79. The van der Waals surface area contributed by atoms with Crippen molar-refractivity contribution in [2.24, 2.45) is 0 Å². The van der Waals surface area contributed by atoms with Gasteiger partial charge in [-0.25, -0.2) is 4.79 Å². The highest BCUT2D eigenvalue weighted by molar-refractivity contribution is 5.92. The number of pyridine rings is 1. The number of hydrogen-bond acceptors (Lipinski definition) is 4. The number of nitrogens with one attached hydrogen (secondary N) is 1. The van der Waals surface area contributed by atoms with Crippen molar-refractivity contribution in [2.75, 3.05) is 31.2 Å². The average Bonchev–Trinajstić information content (AvgIpc) is 2.48. The number of benzene rings is 1. The summed E-state index contributed by atoms with van der Waals surface area (Å²) >= 11 is 0. The summed E-state index contributed by atoms with van der Waals surface area (Å²) in [7, 11) is 0. The fourth-order valence-corrected chi connectivity index (χ4v) is 2.52. The lowest BCUT2D eigenvalue weighted by atomic mass is 10.1. The Kier molecular flexibility index (Phi) is 3.15. The quantitative estimate of drug-likeness (QED) is 0.820. The van der Waals surface area contributed by atoms with Crippen LogP contribution in [0.3, 0.4) is 0 Å². The highest BCUT2D eigenvalue weighted by atomic mass is 16.4. The van der Waals surface area contributed by atoms with E-state index in [0.717, 1.165) is 31.7 Å². The molecule has 20 heavy (non-hydrogen) atoms. The van der Waals surface area contributed by atoms with Crippen LogP contribution < -0.4 is 15.8 Å². The number of aromatic nitrogens is 1. The minimum atomic E-state index is -1.19. The molecule has 1 saturated heterocycles. The Morgan fingerprint density at radius 3 is 2.60 bits per heavy atom. The summed E-state index contributed by atoms with van der Waals surface area (Å²) in [6.07, 6.45) is 1.43. The number of rotatable bonds is 2. The van der Waals surface area contributed by atoms with Crippen LogP contribution in [0, 0.1) is 0 Å². The Balaban J connectivity index is 2.26. The van der Waals surface area contributed by atoms with Crippen molar-refractivity contribution in [1.29, 1.82) is 0 Å². The van der Waals surface area contributed by atoms with Crippen LogP contribution in [-0.2, 0) is 0 Å². The van der Waals surface area contributed by atoms with E-state index in [1.54, 1.807) is 16.8 Å². The van der Waals surface area contributed by atoms with E-state index in [9.17, 15) is 14.7 Å². The van der Waals surface area contributed by atoms with Crippen molar-refractivity contribution < 1.29 is 9.90 Å². The second-order valence-electron chi connectivity index (χ2n) is 4.74. The van der Waals surface area contributed by atoms with Crippen LogP contribution in [0.1, 0.15) is 10.4 Å². The second-order valence-corrected chi connectivity index (χ2v) is 4.74. The molecule has 1 aromatic heterocycles. The Morgan fingerprint density at radius 2 is 1.90 bits per heavy atom. The maximum atomic E-state index is 12.2. The Labute approximate surface area is 115 Å². The van der Waals surface area contributed by atoms with Crippen molar-refractivity contribution in [3.05, 3.63) is 46.2 Å². The molecule has 0 bridgehead atoms. The van der Waals surface area contributed by atoms with E-state index < -0.39 is 11.4 Å². The van der Waals surface area contributed by atoms with Crippen LogP contribution in [0.15, 0.2) is 35.3 Å². The van der Waals surface area contributed by atoms with Crippen molar-refractivity contribution in [3.63, 3.8) is 0 Å². The van der Waals surface area contributed by atoms with Gasteiger partial charge in [0.15, 0.2) is 0 Å². The predicted octanol–water partition coefficient (Wildman–Crippen LogP) is 0.241. The normalized spacial score (nSPS) is 15.5. The molecule has 6 nitrogen and oxygen atoms in total. The molecule has 2 aromatic rings. The Morgan fingerprint density at radius 1 is 1.20 bits per heavy atom. The molecule has 0 aliphatic carbocycles. The van der Waals surface area contributed by atoms with E-state index in [0.29, 0.717) is 5.39 Å². The van der Waals surface area contributed by atoms with Gasteiger partial charge in [0.1, 0.15) is 5.56 Å². The molecule has 1 aliphatic rings. The van der Waals surface area contributed by atoms with Gasteiger partial charge in [0.05, 0.1) is 5.52 Å². The zero-order valence-corrected chi connectivity index (χ0v) is 10.9. The fraction of sp³-hybridized carbons (Fsp3) is 0.286. The maximum Gasteiger partial charge on any atom is 0.341 e. The molecule has 0 atom stereocenters. The molecule has 2 N–H and O–H groups in total. The monoisotopic (exact) mass is 273 g/mol.